The zero-order chi connectivity index (χ0) is 9.84. The smallest absolute Gasteiger partial charge is 0.129 e. The highest BCUT2D eigenvalue weighted by Crippen LogP contribution is 2.29. The second kappa shape index (κ2) is 3.96. The van der Waals surface area contributed by atoms with Crippen LogP contribution in [0.25, 0.3) is 6.08 Å². The molecule has 0 amide bonds. The maximum absolute atomic E-state index is 9.55. The third-order valence-corrected chi connectivity index (χ3v) is 1.87. The molecule has 0 aliphatic heterocycles. The quantitative estimate of drug-likeness (QED) is 0.642. The fourth-order valence-electron chi connectivity index (χ4n) is 1.04. The summed E-state index contributed by atoms with van der Waals surface area (Å²) in [6, 6.07) is 3.19. The first-order valence-corrected chi connectivity index (χ1v) is 4.05. The van der Waals surface area contributed by atoms with E-state index in [1.165, 1.54) is 0 Å². The van der Waals surface area contributed by atoms with E-state index in [4.69, 9.17) is 5.73 Å². The molecular formula is C10H13NO2. The molecule has 13 heavy (non-hydrogen) atoms. The van der Waals surface area contributed by atoms with E-state index >= 15 is 0 Å². The van der Waals surface area contributed by atoms with Crippen molar-refractivity contribution in [3.63, 3.8) is 0 Å². The van der Waals surface area contributed by atoms with E-state index in [0.717, 1.165) is 0 Å². The standard InChI is InChI=1S/C10H13NO2/c1-7-9(12)5-4-8(10(7)13)3-2-6-11/h2-5,12-13H,6,11H2,1H3. The number of phenols is 2. The normalized spacial score (nSPS) is 10.9. The first-order valence-electron chi connectivity index (χ1n) is 4.05. The average Bonchev–Trinajstić information content (AvgIpc) is 2.13. The minimum absolute atomic E-state index is 0.0994. The van der Waals surface area contributed by atoms with Crippen molar-refractivity contribution in [1.82, 2.24) is 0 Å². The van der Waals surface area contributed by atoms with Crippen LogP contribution in [0.3, 0.4) is 0 Å². The average molecular weight is 179 g/mol. The van der Waals surface area contributed by atoms with E-state index < -0.39 is 0 Å². The highest BCUT2D eigenvalue weighted by atomic mass is 16.3. The van der Waals surface area contributed by atoms with Crippen LogP contribution in [-0.2, 0) is 0 Å². The molecule has 1 aromatic rings. The van der Waals surface area contributed by atoms with Gasteiger partial charge < -0.3 is 15.9 Å². The second-order valence-corrected chi connectivity index (χ2v) is 2.79. The number of hydrogen-bond acceptors (Lipinski definition) is 3. The molecule has 1 rings (SSSR count). The Balaban J connectivity index is 3.11. The SMILES string of the molecule is Cc1c(O)ccc(C=CCN)c1O. The summed E-state index contributed by atoms with van der Waals surface area (Å²) in [6.07, 6.45) is 3.47. The van der Waals surface area contributed by atoms with Gasteiger partial charge in [-0.25, -0.2) is 0 Å². The summed E-state index contributed by atoms with van der Waals surface area (Å²) < 4.78 is 0. The minimum atomic E-state index is 0.0994. The Morgan fingerprint density at radius 2 is 2.08 bits per heavy atom. The van der Waals surface area contributed by atoms with Crippen molar-refractivity contribution in [3.05, 3.63) is 29.3 Å². The highest BCUT2D eigenvalue weighted by molar-refractivity contribution is 5.62. The molecule has 0 aromatic heterocycles. The van der Waals surface area contributed by atoms with Crippen molar-refractivity contribution in [1.29, 1.82) is 0 Å². The van der Waals surface area contributed by atoms with E-state index in [9.17, 15) is 10.2 Å². The van der Waals surface area contributed by atoms with Crippen LogP contribution < -0.4 is 5.73 Å². The lowest BCUT2D eigenvalue weighted by molar-refractivity contribution is 0.442. The topological polar surface area (TPSA) is 66.5 Å². The Kier molecular flexibility index (Phi) is 2.93. The van der Waals surface area contributed by atoms with Gasteiger partial charge >= 0.3 is 0 Å². The van der Waals surface area contributed by atoms with Gasteiger partial charge in [0, 0.05) is 17.7 Å². The van der Waals surface area contributed by atoms with E-state index in [1.807, 2.05) is 0 Å². The summed E-state index contributed by atoms with van der Waals surface area (Å²) in [5.74, 6) is 0.201. The molecule has 0 spiro atoms. The Labute approximate surface area is 77.1 Å². The van der Waals surface area contributed by atoms with Crippen LogP contribution in [0.4, 0.5) is 0 Å². The second-order valence-electron chi connectivity index (χ2n) is 2.79. The lowest BCUT2D eigenvalue weighted by atomic mass is 10.1. The molecule has 0 aliphatic carbocycles. The first kappa shape index (κ1) is 9.61. The third kappa shape index (κ3) is 2.00. The highest BCUT2D eigenvalue weighted by Gasteiger charge is 2.04. The monoisotopic (exact) mass is 179 g/mol. The molecule has 0 saturated carbocycles. The number of aromatic hydroxyl groups is 2. The van der Waals surface area contributed by atoms with Crippen LogP contribution in [0.2, 0.25) is 0 Å². The molecule has 0 fully saturated rings. The van der Waals surface area contributed by atoms with E-state index in [0.29, 0.717) is 17.7 Å². The van der Waals surface area contributed by atoms with Gasteiger partial charge in [-0.3, -0.25) is 0 Å². The van der Waals surface area contributed by atoms with Gasteiger partial charge in [0.1, 0.15) is 11.5 Å². The van der Waals surface area contributed by atoms with Gasteiger partial charge in [0.15, 0.2) is 0 Å². The maximum Gasteiger partial charge on any atom is 0.129 e. The predicted molar refractivity (Wildman–Crippen MR) is 52.6 cm³/mol. The van der Waals surface area contributed by atoms with Crippen LogP contribution in [0.1, 0.15) is 11.1 Å². The molecule has 3 heteroatoms. The van der Waals surface area contributed by atoms with Gasteiger partial charge in [0.2, 0.25) is 0 Å². The van der Waals surface area contributed by atoms with E-state index in [2.05, 4.69) is 0 Å². The van der Waals surface area contributed by atoms with Crippen molar-refractivity contribution in [2.24, 2.45) is 5.73 Å². The number of nitrogens with two attached hydrogens (primary N) is 1. The molecule has 0 atom stereocenters. The van der Waals surface area contributed by atoms with Crippen LogP contribution in [0.15, 0.2) is 18.2 Å². The van der Waals surface area contributed by atoms with Crippen molar-refractivity contribution >= 4 is 6.08 Å². The lowest BCUT2D eigenvalue weighted by Gasteiger charge is -2.04. The Morgan fingerprint density at radius 1 is 1.38 bits per heavy atom. The largest absolute Gasteiger partial charge is 0.508 e. The van der Waals surface area contributed by atoms with Gasteiger partial charge in [-0.1, -0.05) is 12.2 Å². The van der Waals surface area contributed by atoms with Crippen LogP contribution in [0.5, 0.6) is 11.5 Å². The van der Waals surface area contributed by atoms with Crippen molar-refractivity contribution < 1.29 is 10.2 Å². The Hall–Kier alpha value is -1.48. The van der Waals surface area contributed by atoms with E-state index in [1.54, 1.807) is 31.2 Å². The molecule has 3 nitrogen and oxygen atoms in total. The number of phenolic OH excluding ortho intramolecular Hbond substituents is 2. The Bertz CT molecular complexity index is 332. The zero-order valence-corrected chi connectivity index (χ0v) is 7.49. The van der Waals surface area contributed by atoms with Crippen LogP contribution in [0, 0.1) is 6.92 Å². The molecule has 0 radical (unpaired) electrons. The molecule has 1 aromatic carbocycles. The van der Waals surface area contributed by atoms with Crippen LogP contribution >= 0.6 is 0 Å². The van der Waals surface area contributed by atoms with Gasteiger partial charge in [0.05, 0.1) is 0 Å². The molecular weight excluding hydrogens is 166 g/mol. The summed E-state index contributed by atoms with van der Waals surface area (Å²) >= 11 is 0. The van der Waals surface area contributed by atoms with E-state index in [-0.39, 0.29) is 11.5 Å². The first-order chi connectivity index (χ1) is 6.16. The van der Waals surface area contributed by atoms with Gasteiger partial charge in [-0.05, 0) is 19.1 Å². The van der Waals surface area contributed by atoms with Gasteiger partial charge in [-0.2, -0.15) is 0 Å². The lowest BCUT2D eigenvalue weighted by Crippen LogP contribution is -1.92. The zero-order valence-electron chi connectivity index (χ0n) is 7.49. The maximum atomic E-state index is 9.55. The summed E-state index contributed by atoms with van der Waals surface area (Å²) in [6.45, 7) is 2.09. The molecule has 0 heterocycles. The number of rotatable bonds is 2. The van der Waals surface area contributed by atoms with Crippen LogP contribution in [-0.4, -0.2) is 16.8 Å². The summed E-state index contributed by atoms with van der Waals surface area (Å²) in [5, 5.41) is 18.8. The Morgan fingerprint density at radius 3 is 2.69 bits per heavy atom. The number of benzene rings is 1. The minimum Gasteiger partial charge on any atom is -0.508 e. The van der Waals surface area contributed by atoms with Crippen molar-refractivity contribution in [2.45, 2.75) is 6.92 Å². The number of hydrogen-bond donors (Lipinski definition) is 3. The molecule has 0 saturated heterocycles. The van der Waals surface area contributed by atoms with Gasteiger partial charge in [-0.15, -0.1) is 0 Å². The molecule has 70 valence electrons. The molecule has 0 unspecified atom stereocenters. The summed E-state index contributed by atoms with van der Waals surface area (Å²) in [4.78, 5) is 0. The molecule has 0 aliphatic rings. The summed E-state index contributed by atoms with van der Waals surface area (Å²) in [7, 11) is 0. The van der Waals surface area contributed by atoms with Gasteiger partial charge in [0.25, 0.3) is 0 Å². The fourth-order valence-corrected chi connectivity index (χ4v) is 1.04. The predicted octanol–water partition coefficient (Wildman–Crippen LogP) is 1.38. The molecule has 0 bridgehead atoms. The fraction of sp³-hybridized carbons (Fsp3) is 0.200. The van der Waals surface area contributed by atoms with Crippen molar-refractivity contribution in [3.8, 4) is 11.5 Å². The summed E-state index contributed by atoms with van der Waals surface area (Å²) in [5.41, 5.74) is 6.43. The third-order valence-electron chi connectivity index (χ3n) is 1.87. The van der Waals surface area contributed by atoms with Crippen molar-refractivity contribution in [2.75, 3.05) is 6.54 Å². The molecule has 4 N–H and O–H groups in total.